The normalized spacial score (nSPS) is 11.0. The first-order valence-corrected chi connectivity index (χ1v) is 8.52. The van der Waals surface area contributed by atoms with E-state index < -0.39 is 10.0 Å². The first-order chi connectivity index (χ1) is 9.97. The van der Waals surface area contributed by atoms with Gasteiger partial charge in [0.25, 0.3) is 0 Å². The second kappa shape index (κ2) is 8.19. The molecule has 0 heterocycles. The zero-order valence-corrected chi connectivity index (χ0v) is 13.9. The van der Waals surface area contributed by atoms with Crippen LogP contribution in [0.25, 0.3) is 0 Å². The van der Waals surface area contributed by atoms with E-state index in [0.717, 1.165) is 0 Å². The van der Waals surface area contributed by atoms with Gasteiger partial charge in [0.2, 0.25) is 15.8 Å². The topological polar surface area (TPSA) is 73.9 Å². The van der Waals surface area contributed by atoms with Crippen molar-refractivity contribution in [3.8, 4) is 17.2 Å². The van der Waals surface area contributed by atoms with Crippen LogP contribution in [0.4, 0.5) is 5.69 Å². The Kier molecular flexibility index (Phi) is 6.91. The molecule has 120 valence electrons. The summed E-state index contributed by atoms with van der Waals surface area (Å²) in [5.41, 5.74) is 0.357. The molecule has 21 heavy (non-hydrogen) atoms. The molecule has 1 N–H and O–H groups in total. The highest BCUT2D eigenvalue weighted by Crippen LogP contribution is 2.40. The number of benzene rings is 1. The van der Waals surface area contributed by atoms with Crippen LogP contribution in [0.5, 0.6) is 17.2 Å². The predicted octanol–water partition coefficient (Wildman–Crippen LogP) is 2.47. The van der Waals surface area contributed by atoms with E-state index in [0.29, 0.717) is 41.7 Å². The predicted molar refractivity (Wildman–Crippen MR) is 83.5 cm³/mol. The van der Waals surface area contributed by atoms with Gasteiger partial charge < -0.3 is 14.2 Å². The summed E-state index contributed by atoms with van der Waals surface area (Å²) < 4.78 is 41.9. The molecule has 1 aromatic carbocycles. The standard InChI is InChI=1S/C13H20ClNO5S/c1-18-11-8-10(9-12(19-2)13(11)20-3)15-21(16,17)7-5-4-6-14/h8-9,15H,4-7H2,1-3H3. The summed E-state index contributed by atoms with van der Waals surface area (Å²) in [4.78, 5) is 0. The summed E-state index contributed by atoms with van der Waals surface area (Å²) >= 11 is 5.54. The molecule has 1 aromatic rings. The van der Waals surface area contributed by atoms with Gasteiger partial charge in [-0.2, -0.15) is 0 Å². The quantitative estimate of drug-likeness (QED) is 0.553. The molecule has 0 fully saturated rings. The van der Waals surface area contributed by atoms with Crippen LogP contribution in [0.2, 0.25) is 0 Å². The number of methoxy groups -OCH3 is 3. The SMILES string of the molecule is COc1cc(NS(=O)(=O)CCCCCl)cc(OC)c1OC. The Labute approximate surface area is 130 Å². The molecule has 0 unspecified atom stereocenters. The molecule has 0 aliphatic carbocycles. The Bertz CT molecular complexity index is 537. The van der Waals surface area contributed by atoms with Gasteiger partial charge in [0, 0.05) is 18.0 Å². The molecule has 1 rings (SSSR count). The molecule has 0 atom stereocenters. The fourth-order valence-electron chi connectivity index (χ4n) is 1.76. The minimum absolute atomic E-state index is 0.0103. The van der Waals surface area contributed by atoms with Gasteiger partial charge in [-0.3, -0.25) is 4.72 Å². The lowest BCUT2D eigenvalue weighted by molar-refractivity contribution is 0.325. The number of nitrogens with one attached hydrogen (secondary N) is 1. The third kappa shape index (κ3) is 5.17. The number of sulfonamides is 1. The van der Waals surface area contributed by atoms with Crippen molar-refractivity contribution in [3.63, 3.8) is 0 Å². The average Bonchev–Trinajstić information content (AvgIpc) is 2.45. The molecule has 6 nitrogen and oxygen atoms in total. The van der Waals surface area contributed by atoms with Gasteiger partial charge in [0.05, 0.1) is 32.8 Å². The molecule has 8 heteroatoms. The summed E-state index contributed by atoms with van der Waals surface area (Å²) in [6.07, 6.45) is 1.15. The minimum Gasteiger partial charge on any atom is -0.493 e. The lowest BCUT2D eigenvalue weighted by Crippen LogP contribution is -2.17. The monoisotopic (exact) mass is 337 g/mol. The lowest BCUT2D eigenvalue weighted by atomic mass is 10.2. The van der Waals surface area contributed by atoms with E-state index in [4.69, 9.17) is 25.8 Å². The Morgan fingerprint density at radius 2 is 1.62 bits per heavy atom. The fraction of sp³-hybridized carbons (Fsp3) is 0.538. The Hall–Kier alpha value is -1.34. The summed E-state index contributed by atoms with van der Waals surface area (Å²) in [7, 11) is 0.982. The molecule has 0 aliphatic heterocycles. The van der Waals surface area contributed by atoms with E-state index in [1.54, 1.807) is 12.1 Å². The maximum Gasteiger partial charge on any atom is 0.232 e. The molecular weight excluding hydrogens is 318 g/mol. The second-order valence-electron chi connectivity index (χ2n) is 4.23. The number of unbranched alkanes of at least 4 members (excludes halogenated alkanes) is 1. The van der Waals surface area contributed by atoms with Crippen LogP contribution in [0.3, 0.4) is 0 Å². The van der Waals surface area contributed by atoms with Gasteiger partial charge in [-0.1, -0.05) is 0 Å². The van der Waals surface area contributed by atoms with E-state index in [-0.39, 0.29) is 5.75 Å². The van der Waals surface area contributed by atoms with Gasteiger partial charge >= 0.3 is 0 Å². The van der Waals surface area contributed by atoms with Crippen molar-refractivity contribution < 1.29 is 22.6 Å². The lowest BCUT2D eigenvalue weighted by Gasteiger charge is -2.15. The number of hydrogen-bond donors (Lipinski definition) is 1. The van der Waals surface area contributed by atoms with E-state index in [2.05, 4.69) is 4.72 Å². The molecule has 0 spiro atoms. The van der Waals surface area contributed by atoms with Gasteiger partial charge in [0.1, 0.15) is 0 Å². The zero-order chi connectivity index (χ0) is 15.9. The van der Waals surface area contributed by atoms with Crippen LogP contribution < -0.4 is 18.9 Å². The minimum atomic E-state index is -3.44. The van der Waals surface area contributed by atoms with Crippen molar-refractivity contribution >= 4 is 27.3 Å². The number of rotatable bonds is 9. The summed E-state index contributed by atoms with van der Waals surface area (Å²) in [6.45, 7) is 0. The van der Waals surface area contributed by atoms with E-state index in [9.17, 15) is 8.42 Å². The highest BCUT2D eigenvalue weighted by Gasteiger charge is 2.16. The van der Waals surface area contributed by atoms with E-state index in [1.807, 2.05) is 0 Å². The molecule has 0 radical (unpaired) electrons. The number of ether oxygens (including phenoxy) is 3. The molecule has 0 aliphatic rings. The Morgan fingerprint density at radius 1 is 1.05 bits per heavy atom. The average molecular weight is 338 g/mol. The number of alkyl halides is 1. The van der Waals surface area contributed by atoms with Crippen LogP contribution >= 0.6 is 11.6 Å². The molecule has 0 bridgehead atoms. The second-order valence-corrected chi connectivity index (χ2v) is 6.45. The maximum absolute atomic E-state index is 12.0. The third-order valence-electron chi connectivity index (χ3n) is 2.73. The highest BCUT2D eigenvalue weighted by molar-refractivity contribution is 7.92. The van der Waals surface area contributed by atoms with Crippen LogP contribution in [-0.2, 0) is 10.0 Å². The summed E-state index contributed by atoms with van der Waals surface area (Å²) in [5, 5.41) is 0. The molecule has 0 saturated carbocycles. The van der Waals surface area contributed by atoms with Crippen LogP contribution in [0.1, 0.15) is 12.8 Å². The van der Waals surface area contributed by atoms with Crippen molar-refractivity contribution in [3.05, 3.63) is 12.1 Å². The van der Waals surface area contributed by atoms with Crippen molar-refractivity contribution in [2.24, 2.45) is 0 Å². The maximum atomic E-state index is 12.0. The van der Waals surface area contributed by atoms with Crippen molar-refractivity contribution in [1.82, 2.24) is 0 Å². The van der Waals surface area contributed by atoms with Crippen LogP contribution in [-0.4, -0.2) is 41.4 Å². The van der Waals surface area contributed by atoms with Crippen molar-refractivity contribution in [2.75, 3.05) is 37.7 Å². The summed E-state index contributed by atoms with van der Waals surface area (Å²) in [6, 6.07) is 3.08. The van der Waals surface area contributed by atoms with Gasteiger partial charge in [0.15, 0.2) is 11.5 Å². The van der Waals surface area contributed by atoms with Gasteiger partial charge in [-0.05, 0) is 12.8 Å². The van der Waals surface area contributed by atoms with E-state index in [1.165, 1.54) is 21.3 Å². The zero-order valence-electron chi connectivity index (χ0n) is 12.3. The molecule has 0 saturated heterocycles. The first kappa shape index (κ1) is 17.7. The number of hydrogen-bond acceptors (Lipinski definition) is 5. The van der Waals surface area contributed by atoms with E-state index >= 15 is 0 Å². The molecular formula is C13H20ClNO5S. The number of halogens is 1. The summed E-state index contributed by atoms with van der Waals surface area (Å²) in [5.74, 6) is 1.63. The van der Waals surface area contributed by atoms with Crippen molar-refractivity contribution in [1.29, 1.82) is 0 Å². The highest BCUT2D eigenvalue weighted by atomic mass is 35.5. The van der Waals surface area contributed by atoms with Gasteiger partial charge in [-0.25, -0.2) is 8.42 Å². The Morgan fingerprint density at radius 3 is 2.05 bits per heavy atom. The largest absolute Gasteiger partial charge is 0.493 e. The van der Waals surface area contributed by atoms with Crippen molar-refractivity contribution in [2.45, 2.75) is 12.8 Å². The van der Waals surface area contributed by atoms with Crippen LogP contribution in [0.15, 0.2) is 12.1 Å². The fourth-order valence-corrected chi connectivity index (χ4v) is 3.11. The smallest absolute Gasteiger partial charge is 0.232 e. The van der Waals surface area contributed by atoms with Crippen LogP contribution in [0, 0.1) is 0 Å². The molecule has 0 amide bonds. The Balaban J connectivity index is 2.98. The first-order valence-electron chi connectivity index (χ1n) is 6.34. The number of anilines is 1. The third-order valence-corrected chi connectivity index (χ3v) is 4.37. The van der Waals surface area contributed by atoms with Gasteiger partial charge in [-0.15, -0.1) is 11.6 Å². The molecule has 0 aromatic heterocycles.